The van der Waals surface area contributed by atoms with Gasteiger partial charge in [-0.15, -0.1) is 0 Å². The molecule has 3 amide bonds. The van der Waals surface area contributed by atoms with Crippen LogP contribution in [-0.4, -0.2) is 108 Å². The summed E-state index contributed by atoms with van der Waals surface area (Å²) in [6.07, 6.45) is 4.50. The van der Waals surface area contributed by atoms with Crippen molar-refractivity contribution < 1.29 is 54.9 Å². The fourth-order valence-corrected chi connectivity index (χ4v) is 9.26. The zero-order chi connectivity index (χ0) is 49.3. The largest absolute Gasteiger partial charge is 0.497 e. The maximum absolute atomic E-state index is 14.8. The lowest BCUT2D eigenvalue weighted by molar-refractivity contribution is -0.239. The van der Waals surface area contributed by atoms with E-state index in [2.05, 4.69) is 38.8 Å². The van der Waals surface area contributed by atoms with Gasteiger partial charge in [-0.1, -0.05) is 46.3 Å². The molecule has 3 fully saturated rings. The van der Waals surface area contributed by atoms with Gasteiger partial charge in [0.1, 0.15) is 29.5 Å². The summed E-state index contributed by atoms with van der Waals surface area (Å²) in [7, 11) is -1.07. The molecule has 1 saturated heterocycles. The molecule has 6 rings (SSSR count). The van der Waals surface area contributed by atoms with Crippen LogP contribution in [0.25, 0.3) is 21.9 Å². The molecule has 1 aromatic carbocycles. The molecule has 3 heterocycles. The highest BCUT2D eigenvalue weighted by molar-refractivity contribution is 7.91. The van der Waals surface area contributed by atoms with Crippen LogP contribution >= 0.6 is 0 Å². The van der Waals surface area contributed by atoms with Crippen LogP contribution < -0.4 is 30.0 Å². The van der Waals surface area contributed by atoms with Gasteiger partial charge in [0.15, 0.2) is 0 Å². The van der Waals surface area contributed by atoms with E-state index in [9.17, 15) is 36.0 Å². The number of allylic oxidation sites excluding steroid dienone is 1. The summed E-state index contributed by atoms with van der Waals surface area (Å²) >= 11 is 0. The number of nitrogens with one attached hydrogen (secondary N) is 2. The lowest BCUT2D eigenvalue weighted by atomic mass is 10.0. The third-order valence-corrected chi connectivity index (χ3v) is 14.9. The number of likely N-dealkylation sites (tertiary alicyclic amines) is 1. The zero-order valence-electron chi connectivity index (χ0n) is 39.4. The molecule has 16 nitrogen and oxygen atoms in total. The van der Waals surface area contributed by atoms with Crippen LogP contribution in [0.2, 0.25) is 0 Å². The quantitative estimate of drug-likeness (QED) is 0.0501. The number of rotatable bonds is 19. The second-order valence-corrected chi connectivity index (χ2v) is 21.3. The molecular weight excluding hydrogens is 896 g/mol. The Bertz CT molecular complexity index is 2490. The Hall–Kier alpha value is -5.66. The second kappa shape index (κ2) is 19.5. The average molecular weight is 958 g/mol. The number of aromatic nitrogens is 2. The first-order valence-electron chi connectivity index (χ1n) is 22.4. The van der Waals surface area contributed by atoms with Crippen molar-refractivity contribution in [2.24, 2.45) is 28.5 Å². The van der Waals surface area contributed by atoms with Gasteiger partial charge >= 0.3 is 6.18 Å². The predicted octanol–water partition coefficient (Wildman–Crippen LogP) is 6.62. The minimum absolute atomic E-state index is 0.0926. The van der Waals surface area contributed by atoms with Crippen molar-refractivity contribution in [2.75, 3.05) is 20.8 Å². The Morgan fingerprint density at radius 3 is 2.34 bits per heavy atom. The number of carbonyl (C=O) groups is 3. The third kappa shape index (κ3) is 11.2. The molecule has 0 radical (unpaired) electrons. The SMILES string of the molecule is COc1ccc2c(O[C@@H]3C[C@@H](C(=O)N[C@]4(C(=O)NS(=O)(=O)C5(C)CC5)C[C@H]4/C=C\CCCC(C)C)N(C(=O)[C@@H](N=C(N)OC(C)(C)C(F)(F)F)C(C)C)C3)ncc(-c3ccc(OC)nc3)c2c1. The predicted molar refractivity (Wildman–Crippen MR) is 246 cm³/mol. The smallest absolute Gasteiger partial charge is 0.427 e. The van der Waals surface area contributed by atoms with Gasteiger partial charge in [0.2, 0.25) is 39.2 Å². The average Bonchev–Trinajstić information content (AvgIpc) is 4.14. The number of hydrogen-bond donors (Lipinski definition) is 3. The van der Waals surface area contributed by atoms with Crippen molar-refractivity contribution >= 4 is 44.5 Å². The van der Waals surface area contributed by atoms with Gasteiger partial charge < -0.3 is 34.9 Å². The highest BCUT2D eigenvalue weighted by Crippen LogP contribution is 2.48. The Kier molecular flexibility index (Phi) is 14.8. The molecule has 366 valence electrons. The van der Waals surface area contributed by atoms with E-state index in [1.165, 1.54) is 19.1 Å². The molecule has 0 spiro atoms. The number of nitrogens with zero attached hydrogens (tertiary/aromatic N) is 4. The summed E-state index contributed by atoms with van der Waals surface area (Å²) in [4.78, 5) is 57.9. The van der Waals surface area contributed by atoms with E-state index >= 15 is 0 Å². The molecule has 2 aromatic heterocycles. The summed E-state index contributed by atoms with van der Waals surface area (Å²) in [5.74, 6) is -2.06. The highest BCUT2D eigenvalue weighted by Gasteiger charge is 2.63. The Balaban J connectivity index is 1.35. The number of aliphatic imine (C=N–C) groups is 1. The number of sulfonamides is 1. The van der Waals surface area contributed by atoms with Crippen LogP contribution in [0.3, 0.4) is 0 Å². The topological polar surface area (TPSA) is 214 Å². The second-order valence-electron chi connectivity index (χ2n) is 19.1. The first-order chi connectivity index (χ1) is 31.3. The molecule has 0 bridgehead atoms. The van der Waals surface area contributed by atoms with E-state index in [0.717, 1.165) is 32.3 Å². The number of ether oxygens (including phenoxy) is 4. The summed E-state index contributed by atoms with van der Waals surface area (Å²) in [5.41, 5.74) is 2.92. The molecule has 2 saturated carbocycles. The number of fused-ring (bicyclic) bond motifs is 1. The normalized spacial score (nSPS) is 22.2. The van der Waals surface area contributed by atoms with Gasteiger partial charge in [-0.05, 0) is 89.0 Å². The molecule has 5 atom stereocenters. The summed E-state index contributed by atoms with van der Waals surface area (Å²) in [6.45, 7) is 10.3. The molecule has 3 aromatic rings. The lowest BCUT2D eigenvalue weighted by Crippen LogP contribution is -2.58. The minimum atomic E-state index is -4.83. The lowest BCUT2D eigenvalue weighted by Gasteiger charge is -2.31. The Labute approximate surface area is 389 Å². The van der Waals surface area contributed by atoms with Crippen molar-refractivity contribution in [1.82, 2.24) is 24.9 Å². The number of hydrogen-bond acceptors (Lipinski definition) is 12. The maximum atomic E-state index is 14.8. The van der Waals surface area contributed by atoms with Gasteiger partial charge in [0.25, 0.3) is 11.9 Å². The number of alkyl halides is 3. The number of carbonyl (C=O) groups excluding carboxylic acids is 3. The molecule has 0 unspecified atom stereocenters. The number of amidine groups is 1. The van der Waals surface area contributed by atoms with Gasteiger partial charge in [-0.3, -0.25) is 19.1 Å². The number of nitrogens with two attached hydrogens (primary N) is 1. The van der Waals surface area contributed by atoms with Gasteiger partial charge in [0.05, 0.1) is 25.5 Å². The van der Waals surface area contributed by atoms with Crippen LogP contribution in [-0.2, 0) is 29.1 Å². The standard InChI is InChI=1S/C47H62F3N7O9S/c1-27(2)13-11-10-12-14-30-23-46(30,42(60)56-67(61,62)45(7)19-20-45)55-39(58)36-22-32(26-57(36)41(59)38(28(3)4)54-43(51)66-44(5,6)47(48,49)50)65-40-33-17-16-31(63-8)21-34(33)35(25-53-40)29-15-18-37(64-9)52-24-29/h12,14-18,21,24-25,27-28,30,32,36,38H,10-11,13,19-20,22-23,26H2,1-9H3,(H2,51,54)(H,55,58)(H,56,60)/b14-12-/t30-,32-,36+,38+,46-/m1/s1. The third-order valence-electron chi connectivity index (χ3n) is 12.8. The first-order valence-corrected chi connectivity index (χ1v) is 23.9. The maximum Gasteiger partial charge on any atom is 0.427 e. The zero-order valence-corrected chi connectivity index (χ0v) is 40.2. The summed E-state index contributed by atoms with van der Waals surface area (Å²) in [6, 6.07) is 5.18. The number of halogens is 3. The van der Waals surface area contributed by atoms with Gasteiger partial charge in [-0.25, -0.2) is 23.4 Å². The van der Waals surface area contributed by atoms with E-state index < -0.39 is 85.9 Å². The molecule has 67 heavy (non-hydrogen) atoms. The van der Waals surface area contributed by atoms with Crippen LogP contribution in [0.15, 0.2) is 59.9 Å². The van der Waals surface area contributed by atoms with Crippen LogP contribution in [0.4, 0.5) is 13.2 Å². The van der Waals surface area contributed by atoms with Crippen molar-refractivity contribution in [3.05, 3.63) is 54.9 Å². The van der Waals surface area contributed by atoms with Crippen molar-refractivity contribution in [3.8, 4) is 28.6 Å². The minimum Gasteiger partial charge on any atom is -0.497 e. The fraction of sp³-hybridized carbons (Fsp3) is 0.574. The van der Waals surface area contributed by atoms with E-state index in [1.54, 1.807) is 63.5 Å². The summed E-state index contributed by atoms with van der Waals surface area (Å²) in [5, 5.41) is 4.09. The van der Waals surface area contributed by atoms with Crippen molar-refractivity contribution in [1.29, 1.82) is 0 Å². The van der Waals surface area contributed by atoms with E-state index in [4.69, 9.17) is 24.7 Å². The number of benzene rings is 1. The van der Waals surface area contributed by atoms with E-state index in [1.807, 2.05) is 12.1 Å². The Morgan fingerprint density at radius 1 is 1.03 bits per heavy atom. The van der Waals surface area contributed by atoms with Crippen molar-refractivity contribution in [3.63, 3.8) is 0 Å². The van der Waals surface area contributed by atoms with E-state index in [0.29, 0.717) is 53.1 Å². The van der Waals surface area contributed by atoms with Gasteiger partial charge in [0, 0.05) is 52.7 Å². The van der Waals surface area contributed by atoms with Gasteiger partial charge in [-0.2, -0.15) is 13.2 Å². The summed E-state index contributed by atoms with van der Waals surface area (Å²) < 4.78 is 91.5. The number of amides is 3. The number of methoxy groups -OCH3 is 2. The van der Waals surface area contributed by atoms with Crippen LogP contribution in [0, 0.1) is 17.8 Å². The molecule has 20 heteroatoms. The fourth-order valence-electron chi connectivity index (χ4n) is 7.95. The number of unbranched alkanes of at least 4 members (excludes halogenated alkanes) is 1. The molecular formula is C47H62F3N7O9S. The monoisotopic (exact) mass is 957 g/mol. The van der Waals surface area contributed by atoms with Crippen LogP contribution in [0.5, 0.6) is 17.5 Å². The van der Waals surface area contributed by atoms with Crippen molar-refractivity contribution in [2.45, 2.75) is 134 Å². The first kappa shape index (κ1) is 50.7. The molecule has 1 aliphatic heterocycles. The highest BCUT2D eigenvalue weighted by atomic mass is 32.2. The molecule has 3 aliphatic rings. The molecule has 2 aliphatic carbocycles. The number of pyridine rings is 2. The Morgan fingerprint density at radius 2 is 1.75 bits per heavy atom. The van der Waals surface area contributed by atoms with Crippen LogP contribution in [0.1, 0.15) is 93.4 Å². The van der Waals surface area contributed by atoms with E-state index in [-0.39, 0.29) is 25.3 Å². The molecule has 4 N–H and O–H groups in total.